The lowest BCUT2D eigenvalue weighted by Gasteiger charge is -2.43. The van der Waals surface area contributed by atoms with Crippen LogP contribution in [0.15, 0.2) is 36.4 Å². The molecule has 6 heteroatoms. The molecule has 2 heterocycles. The molecule has 2 aromatic rings. The van der Waals surface area contributed by atoms with Gasteiger partial charge in [-0.1, -0.05) is 37.1 Å². The van der Waals surface area contributed by atoms with E-state index in [4.69, 9.17) is 0 Å². The van der Waals surface area contributed by atoms with Crippen molar-refractivity contribution in [3.05, 3.63) is 42.1 Å². The minimum atomic E-state index is -0.141. The molecule has 2 unspecified atom stereocenters. The number of fused-ring (bicyclic) bond motifs is 2. The van der Waals surface area contributed by atoms with Gasteiger partial charge in [0.1, 0.15) is 6.54 Å². The van der Waals surface area contributed by atoms with Crippen molar-refractivity contribution in [1.29, 1.82) is 0 Å². The molecular formula is C20H24N4O2. The maximum atomic E-state index is 12.6. The summed E-state index contributed by atoms with van der Waals surface area (Å²) in [6.07, 6.45) is 4.82. The molecule has 0 bridgehead atoms. The maximum Gasteiger partial charge on any atom is 0.318 e. The van der Waals surface area contributed by atoms with E-state index in [0.29, 0.717) is 13.0 Å². The van der Waals surface area contributed by atoms with E-state index in [0.717, 1.165) is 42.3 Å². The van der Waals surface area contributed by atoms with Crippen molar-refractivity contribution >= 4 is 22.8 Å². The van der Waals surface area contributed by atoms with Crippen molar-refractivity contribution in [3.63, 3.8) is 0 Å². The molecule has 2 aliphatic rings. The first kappa shape index (κ1) is 16.8. The van der Waals surface area contributed by atoms with Crippen molar-refractivity contribution in [2.75, 3.05) is 13.1 Å². The molecule has 1 aromatic heterocycles. The standard InChI is InChI=1S/C20H24N4O2/c25-19-13-24(18-8-4-3-7-17(18)23-19)20(26)21-12-11-15-10-9-14-5-1-2-6-16(14)22-15/h1-2,5-6,9-10,17-18H,3-4,7-8,11-13H2,(H,21,26)(H,23,25). The molecule has 2 fully saturated rings. The fourth-order valence-electron chi connectivity index (χ4n) is 4.05. The van der Waals surface area contributed by atoms with Crippen LogP contribution in [0.5, 0.6) is 0 Å². The molecule has 3 amide bonds. The zero-order chi connectivity index (χ0) is 17.9. The number of hydrogen-bond acceptors (Lipinski definition) is 3. The van der Waals surface area contributed by atoms with E-state index >= 15 is 0 Å². The fourth-order valence-corrected chi connectivity index (χ4v) is 4.05. The number of nitrogens with zero attached hydrogens (tertiary/aromatic N) is 2. The predicted molar refractivity (Wildman–Crippen MR) is 99.7 cm³/mol. The van der Waals surface area contributed by atoms with E-state index in [-0.39, 0.29) is 30.6 Å². The summed E-state index contributed by atoms with van der Waals surface area (Å²) in [6.45, 7) is 0.668. The highest BCUT2D eigenvalue weighted by Gasteiger charge is 2.38. The van der Waals surface area contributed by atoms with E-state index < -0.39 is 0 Å². The second-order valence-corrected chi connectivity index (χ2v) is 7.13. The summed E-state index contributed by atoms with van der Waals surface area (Å²) in [5, 5.41) is 7.11. The summed E-state index contributed by atoms with van der Waals surface area (Å²) < 4.78 is 0. The largest absolute Gasteiger partial charge is 0.350 e. The van der Waals surface area contributed by atoms with Crippen LogP contribution in [0.1, 0.15) is 31.4 Å². The topological polar surface area (TPSA) is 74.3 Å². The van der Waals surface area contributed by atoms with Gasteiger partial charge in [0.15, 0.2) is 0 Å². The van der Waals surface area contributed by atoms with Crippen molar-refractivity contribution in [2.45, 2.75) is 44.2 Å². The van der Waals surface area contributed by atoms with Gasteiger partial charge >= 0.3 is 6.03 Å². The van der Waals surface area contributed by atoms with Gasteiger partial charge in [0, 0.05) is 30.1 Å². The number of pyridine rings is 1. The third-order valence-electron chi connectivity index (χ3n) is 5.36. The molecule has 1 aliphatic carbocycles. The number of carbonyl (C=O) groups excluding carboxylic acids is 2. The maximum absolute atomic E-state index is 12.6. The van der Waals surface area contributed by atoms with Gasteiger partial charge in [-0.25, -0.2) is 4.79 Å². The van der Waals surface area contributed by atoms with Gasteiger partial charge in [0.05, 0.1) is 11.6 Å². The normalized spacial score (nSPS) is 22.6. The lowest BCUT2D eigenvalue weighted by Crippen LogP contribution is -2.64. The molecular weight excluding hydrogens is 328 g/mol. The Kier molecular flexibility index (Phi) is 4.73. The summed E-state index contributed by atoms with van der Waals surface area (Å²) in [6, 6.07) is 12.2. The van der Waals surface area contributed by atoms with Crippen LogP contribution in [0, 0.1) is 0 Å². The highest BCUT2D eigenvalue weighted by atomic mass is 16.2. The molecule has 1 saturated carbocycles. The zero-order valence-electron chi connectivity index (χ0n) is 14.8. The Labute approximate surface area is 153 Å². The van der Waals surface area contributed by atoms with Crippen LogP contribution in [0.4, 0.5) is 4.79 Å². The van der Waals surface area contributed by atoms with Crippen LogP contribution in [0.3, 0.4) is 0 Å². The van der Waals surface area contributed by atoms with Crippen molar-refractivity contribution in [2.24, 2.45) is 0 Å². The lowest BCUT2D eigenvalue weighted by molar-refractivity contribution is -0.126. The highest BCUT2D eigenvalue weighted by molar-refractivity contribution is 5.86. The number of benzene rings is 1. The van der Waals surface area contributed by atoms with Gasteiger partial charge in [0.25, 0.3) is 0 Å². The van der Waals surface area contributed by atoms with Crippen LogP contribution in [-0.4, -0.2) is 47.0 Å². The van der Waals surface area contributed by atoms with Crippen LogP contribution >= 0.6 is 0 Å². The molecule has 1 saturated heterocycles. The summed E-state index contributed by atoms with van der Waals surface area (Å²) in [5.41, 5.74) is 1.92. The molecule has 0 spiro atoms. The van der Waals surface area contributed by atoms with Crippen LogP contribution in [-0.2, 0) is 11.2 Å². The Morgan fingerprint density at radius 2 is 2.04 bits per heavy atom. The SMILES string of the molecule is O=C1CN(C(=O)NCCc2ccc3ccccc3n2)C2CCCCC2N1. The Bertz CT molecular complexity index is 822. The number of rotatable bonds is 3. The molecule has 6 nitrogen and oxygen atoms in total. The molecule has 4 rings (SSSR count). The van der Waals surface area contributed by atoms with E-state index in [1.807, 2.05) is 30.3 Å². The van der Waals surface area contributed by atoms with Gasteiger partial charge in [-0.2, -0.15) is 0 Å². The summed E-state index contributed by atoms with van der Waals surface area (Å²) >= 11 is 0. The first-order valence-electron chi connectivity index (χ1n) is 9.39. The third kappa shape index (κ3) is 3.49. The van der Waals surface area contributed by atoms with Crippen molar-refractivity contribution < 1.29 is 9.59 Å². The number of carbonyl (C=O) groups is 2. The monoisotopic (exact) mass is 352 g/mol. The second-order valence-electron chi connectivity index (χ2n) is 7.13. The first-order valence-corrected chi connectivity index (χ1v) is 9.39. The molecule has 2 atom stereocenters. The number of aromatic nitrogens is 1. The van der Waals surface area contributed by atoms with E-state index in [1.165, 1.54) is 0 Å². The second kappa shape index (κ2) is 7.32. The van der Waals surface area contributed by atoms with Gasteiger partial charge < -0.3 is 15.5 Å². The first-order chi connectivity index (χ1) is 12.7. The molecule has 26 heavy (non-hydrogen) atoms. The highest BCUT2D eigenvalue weighted by Crippen LogP contribution is 2.25. The minimum absolute atomic E-state index is 0.0560. The molecule has 1 aliphatic heterocycles. The quantitative estimate of drug-likeness (QED) is 0.890. The molecule has 2 N–H and O–H groups in total. The summed E-state index contributed by atoms with van der Waals surface area (Å²) in [4.78, 5) is 30.9. The zero-order valence-corrected chi connectivity index (χ0v) is 14.8. The average Bonchev–Trinajstić information content (AvgIpc) is 2.67. The summed E-state index contributed by atoms with van der Waals surface area (Å²) in [5.74, 6) is -0.0560. The Morgan fingerprint density at radius 3 is 2.96 bits per heavy atom. The number of piperazine rings is 1. The third-order valence-corrected chi connectivity index (χ3v) is 5.36. The Hall–Kier alpha value is -2.63. The van der Waals surface area contributed by atoms with Gasteiger partial charge in [-0.15, -0.1) is 0 Å². The molecule has 136 valence electrons. The number of nitrogens with one attached hydrogen (secondary N) is 2. The molecule has 1 aromatic carbocycles. The van der Waals surface area contributed by atoms with Crippen molar-refractivity contribution in [3.8, 4) is 0 Å². The lowest BCUT2D eigenvalue weighted by atomic mass is 9.87. The smallest absolute Gasteiger partial charge is 0.318 e. The molecule has 0 radical (unpaired) electrons. The van der Waals surface area contributed by atoms with E-state index in [2.05, 4.69) is 21.7 Å². The average molecular weight is 352 g/mol. The number of hydrogen-bond donors (Lipinski definition) is 2. The van der Waals surface area contributed by atoms with E-state index in [9.17, 15) is 9.59 Å². The fraction of sp³-hybridized carbons (Fsp3) is 0.450. The Morgan fingerprint density at radius 1 is 1.19 bits per heavy atom. The number of para-hydroxylation sites is 1. The van der Waals surface area contributed by atoms with E-state index in [1.54, 1.807) is 4.90 Å². The van der Waals surface area contributed by atoms with Gasteiger partial charge in [0.2, 0.25) is 5.91 Å². The Balaban J connectivity index is 1.36. The summed E-state index contributed by atoms with van der Waals surface area (Å²) in [7, 11) is 0. The number of amides is 3. The van der Waals surface area contributed by atoms with Gasteiger partial charge in [-0.05, 0) is 25.0 Å². The number of urea groups is 1. The van der Waals surface area contributed by atoms with Gasteiger partial charge in [-0.3, -0.25) is 9.78 Å². The van der Waals surface area contributed by atoms with Crippen LogP contribution < -0.4 is 10.6 Å². The minimum Gasteiger partial charge on any atom is -0.350 e. The van der Waals surface area contributed by atoms with Crippen LogP contribution in [0.25, 0.3) is 10.9 Å². The van der Waals surface area contributed by atoms with Crippen LogP contribution in [0.2, 0.25) is 0 Å². The van der Waals surface area contributed by atoms with Crippen molar-refractivity contribution in [1.82, 2.24) is 20.5 Å². The predicted octanol–water partition coefficient (Wildman–Crippen LogP) is 2.23.